The Morgan fingerprint density at radius 3 is 2.90 bits per heavy atom. The maximum absolute atomic E-state index is 12.4. The summed E-state index contributed by atoms with van der Waals surface area (Å²) in [4.78, 5) is 38.0. The smallest absolute Gasteiger partial charge is 0.326 e. The van der Waals surface area contributed by atoms with Gasteiger partial charge in [0.2, 0.25) is 5.78 Å². The molecule has 0 aliphatic carbocycles. The van der Waals surface area contributed by atoms with Gasteiger partial charge in [0, 0.05) is 30.0 Å². The second kappa shape index (κ2) is 7.69. The van der Waals surface area contributed by atoms with E-state index in [4.69, 9.17) is 9.47 Å². The average Bonchev–Trinajstić information content (AvgIpc) is 3.40. The van der Waals surface area contributed by atoms with Crippen molar-refractivity contribution in [2.75, 3.05) is 13.2 Å². The molecule has 1 saturated heterocycles. The van der Waals surface area contributed by atoms with E-state index in [9.17, 15) is 24.6 Å². The molecular weight excluding hydrogens is 398 g/mol. The fourth-order valence-electron chi connectivity index (χ4n) is 3.31. The minimum absolute atomic E-state index is 0.00474. The highest BCUT2D eigenvalue weighted by Crippen LogP contribution is 2.35. The van der Waals surface area contributed by atoms with Gasteiger partial charge in [-0.3, -0.25) is 9.59 Å². The Labute approximate surface area is 169 Å². The number of ketones is 1. The third kappa shape index (κ3) is 3.87. The van der Waals surface area contributed by atoms with E-state index >= 15 is 0 Å². The highest BCUT2D eigenvalue weighted by molar-refractivity contribution is 7.10. The van der Waals surface area contributed by atoms with Crippen molar-refractivity contribution in [3.8, 4) is 11.5 Å². The van der Waals surface area contributed by atoms with Gasteiger partial charge in [0.15, 0.2) is 12.4 Å². The summed E-state index contributed by atoms with van der Waals surface area (Å²) >= 11 is 1.48. The minimum Gasteiger partial charge on any atom is -0.484 e. The van der Waals surface area contributed by atoms with Crippen LogP contribution in [-0.2, 0) is 9.59 Å². The number of aliphatic hydroxyl groups is 1. The van der Waals surface area contributed by atoms with E-state index in [0.29, 0.717) is 17.1 Å². The van der Waals surface area contributed by atoms with Crippen molar-refractivity contribution >= 4 is 35.1 Å². The lowest BCUT2D eigenvalue weighted by atomic mass is 10.1. The molecule has 1 aromatic carbocycles. The summed E-state index contributed by atoms with van der Waals surface area (Å²) in [5.74, 6) is -1.07. The fraction of sp³-hybridized carbons (Fsp3) is 0.250. The van der Waals surface area contributed by atoms with Gasteiger partial charge in [-0.15, -0.1) is 11.3 Å². The Morgan fingerprint density at radius 2 is 2.17 bits per heavy atom. The van der Waals surface area contributed by atoms with E-state index in [-0.39, 0.29) is 31.1 Å². The molecule has 2 aliphatic rings. The number of allylic oxidation sites excluding steroid dienone is 1. The van der Waals surface area contributed by atoms with Crippen molar-refractivity contribution in [2.24, 2.45) is 0 Å². The molecular formula is C20H17NO7S. The van der Waals surface area contributed by atoms with Crippen molar-refractivity contribution in [1.82, 2.24) is 4.90 Å². The molecule has 2 atom stereocenters. The molecule has 29 heavy (non-hydrogen) atoms. The van der Waals surface area contributed by atoms with E-state index < -0.39 is 24.0 Å². The summed E-state index contributed by atoms with van der Waals surface area (Å²) in [6.07, 6.45) is 0.796. The number of carboxylic acids is 1. The first-order chi connectivity index (χ1) is 13.9. The molecule has 0 radical (unpaired) electrons. The fourth-order valence-corrected chi connectivity index (χ4v) is 3.96. The lowest BCUT2D eigenvalue weighted by Crippen LogP contribution is -2.42. The highest BCUT2D eigenvalue weighted by atomic mass is 32.1. The third-order valence-electron chi connectivity index (χ3n) is 4.70. The SMILES string of the molecule is O=C1C(=Cc2cccs2)Oc2cc(OCC(=O)N3CC(O)CC3C(=O)O)ccc21. The van der Waals surface area contributed by atoms with Crippen molar-refractivity contribution in [1.29, 1.82) is 0 Å². The number of hydrogen-bond donors (Lipinski definition) is 2. The first-order valence-electron chi connectivity index (χ1n) is 8.87. The van der Waals surface area contributed by atoms with Gasteiger partial charge in [-0.2, -0.15) is 0 Å². The lowest BCUT2D eigenvalue weighted by molar-refractivity contribution is -0.148. The number of β-amino-alcohol motifs (C(OH)–C–C–N with tert-alkyl or cyclic N) is 1. The molecule has 0 saturated carbocycles. The molecule has 8 nitrogen and oxygen atoms in total. The Balaban J connectivity index is 1.43. The predicted octanol–water partition coefficient (Wildman–Crippen LogP) is 1.79. The minimum atomic E-state index is -1.16. The maximum Gasteiger partial charge on any atom is 0.326 e. The molecule has 1 aromatic heterocycles. The van der Waals surface area contributed by atoms with Crippen LogP contribution in [0.3, 0.4) is 0 Å². The number of rotatable bonds is 5. The standard InChI is InChI=1S/C20H17NO7S/c22-11-6-15(20(25)26)21(9-11)18(23)10-27-12-3-4-14-16(7-12)28-17(19(14)24)8-13-2-1-5-29-13/h1-5,7-8,11,15,22H,6,9-10H2,(H,25,26). The molecule has 2 aliphatic heterocycles. The molecule has 9 heteroatoms. The van der Waals surface area contributed by atoms with Gasteiger partial charge in [-0.25, -0.2) is 4.79 Å². The topological polar surface area (TPSA) is 113 Å². The van der Waals surface area contributed by atoms with Crippen molar-refractivity contribution in [3.05, 3.63) is 51.9 Å². The van der Waals surface area contributed by atoms with Crippen LogP contribution in [-0.4, -0.2) is 58.1 Å². The highest BCUT2D eigenvalue weighted by Gasteiger charge is 2.39. The zero-order valence-electron chi connectivity index (χ0n) is 15.1. The third-order valence-corrected chi connectivity index (χ3v) is 5.52. The molecule has 2 N–H and O–H groups in total. The van der Waals surface area contributed by atoms with Crippen LogP contribution in [0, 0.1) is 0 Å². The van der Waals surface area contributed by atoms with E-state index in [1.807, 2.05) is 17.5 Å². The molecule has 150 valence electrons. The monoisotopic (exact) mass is 415 g/mol. The number of fused-ring (bicyclic) bond motifs is 1. The lowest BCUT2D eigenvalue weighted by Gasteiger charge is -2.21. The molecule has 1 amide bonds. The normalized spacial score (nSPS) is 21.9. The zero-order chi connectivity index (χ0) is 20.5. The van der Waals surface area contributed by atoms with Crippen LogP contribution in [0.15, 0.2) is 41.5 Å². The van der Waals surface area contributed by atoms with Crippen LogP contribution in [0.25, 0.3) is 6.08 Å². The second-order valence-corrected chi connectivity index (χ2v) is 7.67. The Hall–Kier alpha value is -3.17. The van der Waals surface area contributed by atoms with E-state index in [2.05, 4.69) is 0 Å². The number of ether oxygens (including phenoxy) is 2. The van der Waals surface area contributed by atoms with Crippen molar-refractivity contribution in [3.63, 3.8) is 0 Å². The number of aliphatic carboxylic acids is 1. The van der Waals surface area contributed by atoms with Crippen LogP contribution in [0.4, 0.5) is 0 Å². The number of carboxylic acid groups (broad SMARTS) is 1. The maximum atomic E-state index is 12.4. The number of benzene rings is 1. The van der Waals surface area contributed by atoms with Crippen LogP contribution in [0.5, 0.6) is 11.5 Å². The van der Waals surface area contributed by atoms with Gasteiger partial charge >= 0.3 is 5.97 Å². The molecule has 2 aromatic rings. The van der Waals surface area contributed by atoms with Crippen LogP contribution in [0.2, 0.25) is 0 Å². The number of aliphatic hydroxyl groups excluding tert-OH is 1. The first kappa shape index (κ1) is 19.2. The summed E-state index contributed by atoms with van der Waals surface area (Å²) in [7, 11) is 0. The van der Waals surface area contributed by atoms with Crippen LogP contribution < -0.4 is 9.47 Å². The average molecular weight is 415 g/mol. The summed E-state index contributed by atoms with van der Waals surface area (Å²) in [6, 6.07) is 7.31. The first-order valence-corrected chi connectivity index (χ1v) is 9.75. The van der Waals surface area contributed by atoms with Gasteiger partial charge in [0.05, 0.1) is 11.7 Å². The van der Waals surface area contributed by atoms with Gasteiger partial charge in [0.1, 0.15) is 17.5 Å². The van der Waals surface area contributed by atoms with E-state index in [1.165, 1.54) is 17.4 Å². The number of likely N-dealkylation sites (tertiary alicyclic amines) is 1. The van der Waals surface area contributed by atoms with Crippen molar-refractivity contribution < 1.29 is 34.1 Å². The number of carbonyl (C=O) groups is 3. The van der Waals surface area contributed by atoms with Gasteiger partial charge in [-0.1, -0.05) is 6.07 Å². The quantitative estimate of drug-likeness (QED) is 0.716. The Bertz CT molecular complexity index is 998. The number of Topliss-reactive ketones (excluding diaryl/α,β-unsaturated/α-hetero) is 1. The molecule has 3 heterocycles. The largest absolute Gasteiger partial charge is 0.484 e. The summed E-state index contributed by atoms with van der Waals surface area (Å²) in [6.45, 7) is -0.432. The summed E-state index contributed by atoms with van der Waals surface area (Å²) < 4.78 is 11.1. The van der Waals surface area contributed by atoms with Gasteiger partial charge in [0.25, 0.3) is 5.91 Å². The number of thiophene rings is 1. The second-order valence-electron chi connectivity index (χ2n) is 6.69. The number of hydrogen-bond acceptors (Lipinski definition) is 7. The van der Waals surface area contributed by atoms with E-state index in [0.717, 1.165) is 9.78 Å². The van der Waals surface area contributed by atoms with Crippen LogP contribution in [0.1, 0.15) is 21.7 Å². The number of amides is 1. The summed E-state index contributed by atoms with van der Waals surface area (Å²) in [5.41, 5.74) is 0.403. The Kier molecular flexibility index (Phi) is 5.08. The molecule has 4 rings (SSSR count). The predicted molar refractivity (Wildman–Crippen MR) is 103 cm³/mol. The van der Waals surface area contributed by atoms with Gasteiger partial charge in [-0.05, 0) is 23.6 Å². The zero-order valence-corrected chi connectivity index (χ0v) is 15.9. The van der Waals surface area contributed by atoms with E-state index in [1.54, 1.807) is 18.2 Å². The molecule has 1 fully saturated rings. The number of carbonyl (C=O) groups excluding carboxylic acids is 2. The van der Waals surface area contributed by atoms with Gasteiger partial charge < -0.3 is 24.6 Å². The number of nitrogens with zero attached hydrogens (tertiary/aromatic N) is 1. The molecule has 0 spiro atoms. The van der Waals surface area contributed by atoms with Crippen LogP contribution >= 0.6 is 11.3 Å². The summed E-state index contributed by atoms with van der Waals surface area (Å²) in [5, 5.41) is 20.7. The Morgan fingerprint density at radius 1 is 1.34 bits per heavy atom. The molecule has 0 bridgehead atoms. The molecule has 2 unspecified atom stereocenters. The van der Waals surface area contributed by atoms with Crippen molar-refractivity contribution in [2.45, 2.75) is 18.6 Å².